The molecule has 3 aromatic rings. The molecule has 0 radical (unpaired) electrons. The molecule has 0 bridgehead atoms. The minimum atomic E-state index is -0.213. The molecule has 2 amide bonds. The second-order valence-corrected chi connectivity index (χ2v) is 7.97. The van der Waals surface area contributed by atoms with Crippen molar-refractivity contribution in [2.24, 2.45) is 0 Å². The fourth-order valence-corrected chi connectivity index (χ4v) is 4.21. The Morgan fingerprint density at radius 1 is 1.14 bits per heavy atom. The van der Waals surface area contributed by atoms with Crippen molar-refractivity contribution < 1.29 is 9.59 Å². The number of aromatic nitrogens is 2. The molecule has 1 N–H and O–H groups in total. The van der Waals surface area contributed by atoms with Gasteiger partial charge in [0.15, 0.2) is 0 Å². The highest BCUT2D eigenvalue weighted by Crippen LogP contribution is 2.35. The average Bonchev–Trinajstić information content (AvgIpc) is 3.29. The first-order valence-corrected chi connectivity index (χ1v) is 9.90. The maximum absolute atomic E-state index is 12.5. The van der Waals surface area contributed by atoms with Gasteiger partial charge in [-0.1, -0.05) is 47.2 Å². The Labute approximate surface area is 167 Å². The van der Waals surface area contributed by atoms with Crippen molar-refractivity contribution in [2.75, 3.05) is 16.8 Å². The molecule has 1 atom stereocenters. The Bertz CT molecular complexity index is 1050. The van der Waals surface area contributed by atoms with Gasteiger partial charge in [-0.2, -0.15) is 0 Å². The van der Waals surface area contributed by atoms with Gasteiger partial charge in [-0.15, -0.1) is 10.2 Å². The number of amides is 2. The molecular formula is C21H20N4O2S. The maximum Gasteiger partial charge on any atom is 0.257 e. The predicted octanol–water partition coefficient (Wildman–Crippen LogP) is 3.93. The summed E-state index contributed by atoms with van der Waals surface area (Å²) in [6.07, 6.45) is 0.398. The summed E-state index contributed by atoms with van der Waals surface area (Å²) in [7, 11) is 0. The van der Waals surface area contributed by atoms with Crippen molar-refractivity contribution in [3.8, 4) is 0 Å². The van der Waals surface area contributed by atoms with Gasteiger partial charge in [0.05, 0.1) is 0 Å². The van der Waals surface area contributed by atoms with Crippen LogP contribution in [0.1, 0.15) is 38.8 Å². The van der Waals surface area contributed by atoms with Crippen molar-refractivity contribution >= 4 is 34.0 Å². The van der Waals surface area contributed by atoms with Crippen LogP contribution >= 0.6 is 11.3 Å². The minimum Gasteiger partial charge on any atom is -0.311 e. The topological polar surface area (TPSA) is 75.2 Å². The zero-order chi connectivity index (χ0) is 19.7. The third-order valence-corrected chi connectivity index (χ3v) is 5.82. The number of carbonyl (C=O) groups is 2. The summed E-state index contributed by atoms with van der Waals surface area (Å²) in [5.41, 5.74) is 3.61. The van der Waals surface area contributed by atoms with Gasteiger partial charge in [0.25, 0.3) is 5.91 Å². The van der Waals surface area contributed by atoms with E-state index in [1.54, 1.807) is 6.07 Å². The molecule has 4 rings (SSSR count). The van der Waals surface area contributed by atoms with Crippen LogP contribution in [0.25, 0.3) is 0 Å². The van der Waals surface area contributed by atoms with Crippen LogP contribution in [0.5, 0.6) is 0 Å². The molecule has 28 heavy (non-hydrogen) atoms. The van der Waals surface area contributed by atoms with Crippen LogP contribution in [-0.4, -0.2) is 28.6 Å². The van der Waals surface area contributed by atoms with Gasteiger partial charge in [0.2, 0.25) is 11.0 Å². The van der Waals surface area contributed by atoms with Crippen molar-refractivity contribution in [2.45, 2.75) is 26.2 Å². The molecule has 0 spiro atoms. The maximum atomic E-state index is 12.5. The SMILES string of the molecule is Cc1cccc(C(=O)Nc2nnc(C3CC(=O)N(c4ccccc4C)C3)s2)c1. The van der Waals surface area contributed by atoms with E-state index in [0.717, 1.165) is 21.8 Å². The predicted molar refractivity (Wildman–Crippen MR) is 110 cm³/mol. The molecule has 2 aromatic carbocycles. The smallest absolute Gasteiger partial charge is 0.257 e. The summed E-state index contributed by atoms with van der Waals surface area (Å²) in [4.78, 5) is 26.7. The Balaban J connectivity index is 1.47. The van der Waals surface area contributed by atoms with Gasteiger partial charge in [0.1, 0.15) is 5.01 Å². The molecule has 6 nitrogen and oxygen atoms in total. The average molecular weight is 392 g/mol. The lowest BCUT2D eigenvalue weighted by Crippen LogP contribution is -2.25. The molecule has 0 aliphatic carbocycles. The van der Waals surface area contributed by atoms with E-state index < -0.39 is 0 Å². The van der Waals surface area contributed by atoms with E-state index in [-0.39, 0.29) is 17.7 Å². The lowest BCUT2D eigenvalue weighted by Gasteiger charge is -2.18. The number of benzene rings is 2. The first kappa shape index (κ1) is 18.3. The number of hydrogen-bond acceptors (Lipinski definition) is 5. The first-order valence-electron chi connectivity index (χ1n) is 9.08. The number of nitrogens with one attached hydrogen (secondary N) is 1. The van der Waals surface area contributed by atoms with Crippen LogP contribution in [0, 0.1) is 13.8 Å². The largest absolute Gasteiger partial charge is 0.311 e. The Morgan fingerprint density at radius 2 is 1.96 bits per heavy atom. The van der Waals surface area contributed by atoms with E-state index in [0.29, 0.717) is 23.7 Å². The second kappa shape index (κ2) is 7.52. The van der Waals surface area contributed by atoms with E-state index in [1.165, 1.54) is 11.3 Å². The zero-order valence-corrected chi connectivity index (χ0v) is 16.5. The van der Waals surface area contributed by atoms with Crippen LogP contribution < -0.4 is 10.2 Å². The van der Waals surface area contributed by atoms with Crippen LogP contribution in [0.4, 0.5) is 10.8 Å². The van der Waals surface area contributed by atoms with Crippen molar-refractivity contribution in [1.29, 1.82) is 0 Å². The Hall–Kier alpha value is -3.06. The molecule has 142 valence electrons. The van der Waals surface area contributed by atoms with E-state index in [2.05, 4.69) is 15.5 Å². The molecule has 2 heterocycles. The lowest BCUT2D eigenvalue weighted by atomic mass is 10.1. The number of hydrogen-bond donors (Lipinski definition) is 1. The zero-order valence-electron chi connectivity index (χ0n) is 15.7. The van der Waals surface area contributed by atoms with Crippen LogP contribution in [0.3, 0.4) is 0 Å². The molecule has 1 unspecified atom stereocenters. The summed E-state index contributed by atoms with van der Waals surface area (Å²) in [5, 5.41) is 12.3. The number of carbonyl (C=O) groups excluding carboxylic acids is 2. The molecule has 1 aliphatic heterocycles. The second-order valence-electron chi connectivity index (χ2n) is 6.96. The summed E-state index contributed by atoms with van der Waals surface area (Å²) in [5.74, 6) is -0.149. The fraction of sp³-hybridized carbons (Fsp3) is 0.238. The highest BCUT2D eigenvalue weighted by molar-refractivity contribution is 7.15. The Morgan fingerprint density at radius 3 is 2.75 bits per heavy atom. The number of rotatable bonds is 4. The molecular weight excluding hydrogens is 372 g/mol. The first-order chi connectivity index (χ1) is 13.5. The fourth-order valence-electron chi connectivity index (χ4n) is 3.38. The van der Waals surface area contributed by atoms with E-state index in [1.807, 2.05) is 61.2 Å². The van der Waals surface area contributed by atoms with Gasteiger partial charge in [-0.3, -0.25) is 14.9 Å². The van der Waals surface area contributed by atoms with Gasteiger partial charge in [-0.25, -0.2) is 0 Å². The molecule has 7 heteroatoms. The summed E-state index contributed by atoms with van der Waals surface area (Å²) in [6.45, 7) is 4.51. The minimum absolute atomic E-state index is 0.0192. The van der Waals surface area contributed by atoms with E-state index >= 15 is 0 Å². The third kappa shape index (κ3) is 3.66. The van der Waals surface area contributed by atoms with Crippen molar-refractivity contribution in [3.63, 3.8) is 0 Å². The number of aryl methyl sites for hydroxylation is 2. The monoisotopic (exact) mass is 392 g/mol. The summed E-state index contributed by atoms with van der Waals surface area (Å²) in [6, 6.07) is 15.2. The molecule has 1 fully saturated rings. The third-order valence-electron chi connectivity index (χ3n) is 4.82. The van der Waals surface area contributed by atoms with Gasteiger partial charge < -0.3 is 4.90 Å². The summed E-state index contributed by atoms with van der Waals surface area (Å²) >= 11 is 1.33. The van der Waals surface area contributed by atoms with Crippen molar-refractivity contribution in [1.82, 2.24) is 10.2 Å². The van der Waals surface area contributed by atoms with E-state index in [9.17, 15) is 9.59 Å². The number of para-hydroxylation sites is 1. The van der Waals surface area contributed by atoms with Crippen LogP contribution in [0.15, 0.2) is 48.5 Å². The number of anilines is 2. The van der Waals surface area contributed by atoms with E-state index in [4.69, 9.17) is 0 Å². The van der Waals surface area contributed by atoms with Crippen LogP contribution in [0.2, 0.25) is 0 Å². The summed E-state index contributed by atoms with van der Waals surface area (Å²) < 4.78 is 0. The van der Waals surface area contributed by atoms with Gasteiger partial charge in [-0.05, 0) is 37.6 Å². The normalized spacial score (nSPS) is 16.4. The molecule has 1 saturated heterocycles. The van der Waals surface area contributed by atoms with Crippen LogP contribution in [-0.2, 0) is 4.79 Å². The van der Waals surface area contributed by atoms with Gasteiger partial charge >= 0.3 is 0 Å². The highest BCUT2D eigenvalue weighted by atomic mass is 32.1. The van der Waals surface area contributed by atoms with Crippen molar-refractivity contribution in [3.05, 3.63) is 70.2 Å². The van der Waals surface area contributed by atoms with Gasteiger partial charge in [0, 0.05) is 30.1 Å². The Kier molecular flexibility index (Phi) is 4.92. The lowest BCUT2D eigenvalue weighted by molar-refractivity contribution is -0.117. The molecule has 1 aliphatic rings. The number of nitrogens with zero attached hydrogens (tertiary/aromatic N) is 3. The molecule has 0 saturated carbocycles. The standard InChI is InChI=1S/C21H20N4O2S/c1-13-6-5-8-15(10-13)19(27)22-21-24-23-20(28-21)16-11-18(26)25(12-16)17-9-4-3-7-14(17)2/h3-10,16H,11-12H2,1-2H3,(H,22,24,27). The highest BCUT2D eigenvalue weighted by Gasteiger charge is 2.34. The quantitative estimate of drug-likeness (QED) is 0.730. The molecule has 1 aromatic heterocycles.